The highest BCUT2D eigenvalue weighted by molar-refractivity contribution is 5.80. The lowest BCUT2D eigenvalue weighted by molar-refractivity contribution is -0.144. The number of rotatable bonds is 6. The summed E-state index contributed by atoms with van der Waals surface area (Å²) < 4.78 is 0. The third-order valence-electron chi connectivity index (χ3n) is 4.54. The van der Waals surface area contributed by atoms with Crippen molar-refractivity contribution in [2.45, 2.75) is 44.9 Å². The van der Waals surface area contributed by atoms with E-state index in [1.807, 2.05) is 0 Å². The molecule has 2 fully saturated rings. The van der Waals surface area contributed by atoms with E-state index >= 15 is 0 Å². The van der Waals surface area contributed by atoms with E-state index in [1.165, 1.54) is 25.9 Å². The van der Waals surface area contributed by atoms with Gasteiger partial charge in [0.25, 0.3) is 0 Å². The molecule has 1 amide bonds. The fourth-order valence-corrected chi connectivity index (χ4v) is 3.32. The van der Waals surface area contributed by atoms with Crippen LogP contribution in [0, 0.1) is 11.8 Å². The second-order valence-corrected chi connectivity index (χ2v) is 6.09. The molecule has 5 heteroatoms. The summed E-state index contributed by atoms with van der Waals surface area (Å²) >= 11 is 0. The molecule has 0 bridgehead atoms. The fraction of sp³-hybridized carbons (Fsp3) is 0.867. The van der Waals surface area contributed by atoms with Crippen molar-refractivity contribution < 1.29 is 14.7 Å². The molecule has 2 aliphatic rings. The highest BCUT2D eigenvalue weighted by Crippen LogP contribution is 2.29. The van der Waals surface area contributed by atoms with Crippen LogP contribution in [0.5, 0.6) is 0 Å². The Labute approximate surface area is 120 Å². The minimum absolute atomic E-state index is 0.0531. The van der Waals surface area contributed by atoms with Crippen molar-refractivity contribution in [2.24, 2.45) is 11.8 Å². The lowest BCUT2D eigenvalue weighted by Crippen LogP contribution is -2.36. The standard InChI is InChI=1S/C15H26N2O3/c18-14(12-5-3-6-13(11-12)15(19)20)16-7-4-10-17-8-1-2-9-17/h12-13H,1-11H2,(H,16,18)(H,19,20). The molecule has 1 aliphatic heterocycles. The molecule has 0 spiro atoms. The molecule has 1 saturated heterocycles. The van der Waals surface area contributed by atoms with Crippen LogP contribution in [0.3, 0.4) is 0 Å². The third kappa shape index (κ3) is 4.47. The second kappa shape index (κ2) is 7.62. The average molecular weight is 282 g/mol. The summed E-state index contributed by atoms with van der Waals surface area (Å²) in [5, 5.41) is 12.0. The largest absolute Gasteiger partial charge is 0.481 e. The summed E-state index contributed by atoms with van der Waals surface area (Å²) in [6.07, 6.45) is 6.49. The van der Waals surface area contributed by atoms with Gasteiger partial charge in [-0.2, -0.15) is 0 Å². The molecule has 2 atom stereocenters. The normalized spacial score (nSPS) is 27.4. The molecular formula is C15H26N2O3. The summed E-state index contributed by atoms with van der Waals surface area (Å²) in [6, 6.07) is 0. The Morgan fingerprint density at radius 1 is 1.10 bits per heavy atom. The molecule has 1 aliphatic carbocycles. The van der Waals surface area contributed by atoms with Gasteiger partial charge >= 0.3 is 5.97 Å². The summed E-state index contributed by atoms with van der Waals surface area (Å²) in [5.74, 6) is -1.13. The topological polar surface area (TPSA) is 69.6 Å². The van der Waals surface area contributed by atoms with Crippen molar-refractivity contribution in [2.75, 3.05) is 26.2 Å². The lowest BCUT2D eigenvalue weighted by atomic mass is 9.81. The van der Waals surface area contributed by atoms with Crippen LogP contribution in [0.25, 0.3) is 0 Å². The number of amides is 1. The Balaban J connectivity index is 1.62. The van der Waals surface area contributed by atoms with E-state index < -0.39 is 5.97 Å². The first-order valence-electron chi connectivity index (χ1n) is 7.89. The number of carbonyl (C=O) groups excluding carboxylic acids is 1. The molecule has 114 valence electrons. The van der Waals surface area contributed by atoms with Gasteiger partial charge in [-0.1, -0.05) is 6.42 Å². The van der Waals surface area contributed by atoms with Crippen LogP contribution < -0.4 is 5.32 Å². The summed E-state index contributed by atoms with van der Waals surface area (Å²) in [7, 11) is 0. The van der Waals surface area contributed by atoms with Crippen molar-refractivity contribution in [1.29, 1.82) is 0 Å². The summed E-state index contributed by atoms with van der Waals surface area (Å²) in [4.78, 5) is 25.5. The molecule has 20 heavy (non-hydrogen) atoms. The number of hydrogen-bond donors (Lipinski definition) is 2. The van der Waals surface area contributed by atoms with Crippen molar-refractivity contribution in [3.05, 3.63) is 0 Å². The molecule has 0 radical (unpaired) electrons. The minimum atomic E-state index is -0.753. The van der Waals surface area contributed by atoms with E-state index in [0.717, 1.165) is 25.8 Å². The van der Waals surface area contributed by atoms with E-state index in [9.17, 15) is 9.59 Å². The first-order chi connectivity index (χ1) is 9.66. The number of aliphatic carboxylic acids is 1. The molecule has 2 unspecified atom stereocenters. The van der Waals surface area contributed by atoms with E-state index in [2.05, 4.69) is 10.2 Å². The number of hydrogen-bond acceptors (Lipinski definition) is 3. The van der Waals surface area contributed by atoms with Gasteiger partial charge in [-0.05, 0) is 58.2 Å². The summed E-state index contributed by atoms with van der Waals surface area (Å²) in [5.41, 5.74) is 0. The van der Waals surface area contributed by atoms with Crippen LogP contribution in [0.15, 0.2) is 0 Å². The number of nitrogens with zero attached hydrogens (tertiary/aromatic N) is 1. The first kappa shape index (κ1) is 15.3. The minimum Gasteiger partial charge on any atom is -0.481 e. The van der Waals surface area contributed by atoms with Crippen LogP contribution in [-0.4, -0.2) is 48.1 Å². The molecule has 1 saturated carbocycles. The summed E-state index contributed by atoms with van der Waals surface area (Å²) in [6.45, 7) is 4.15. The molecule has 0 aromatic heterocycles. The zero-order valence-electron chi connectivity index (χ0n) is 12.1. The molecule has 5 nitrogen and oxygen atoms in total. The van der Waals surface area contributed by atoms with Crippen LogP contribution in [-0.2, 0) is 9.59 Å². The molecule has 0 aromatic rings. The Bertz CT molecular complexity index is 340. The van der Waals surface area contributed by atoms with Crippen LogP contribution in [0.2, 0.25) is 0 Å². The van der Waals surface area contributed by atoms with E-state index in [0.29, 0.717) is 19.4 Å². The smallest absolute Gasteiger partial charge is 0.306 e. The van der Waals surface area contributed by atoms with E-state index in [-0.39, 0.29) is 17.7 Å². The maximum absolute atomic E-state index is 12.0. The number of carboxylic acid groups (broad SMARTS) is 1. The van der Waals surface area contributed by atoms with Crippen LogP contribution in [0.1, 0.15) is 44.9 Å². The predicted octanol–water partition coefficient (Wildman–Crippen LogP) is 1.48. The maximum atomic E-state index is 12.0. The molecule has 2 N–H and O–H groups in total. The number of carbonyl (C=O) groups is 2. The molecule has 1 heterocycles. The molecule has 2 rings (SSSR count). The van der Waals surface area contributed by atoms with Gasteiger partial charge in [0.05, 0.1) is 5.92 Å². The molecule has 0 aromatic carbocycles. The van der Waals surface area contributed by atoms with Crippen LogP contribution in [0.4, 0.5) is 0 Å². The highest BCUT2D eigenvalue weighted by Gasteiger charge is 2.30. The van der Waals surface area contributed by atoms with E-state index in [1.54, 1.807) is 0 Å². The Kier molecular flexibility index (Phi) is 5.83. The van der Waals surface area contributed by atoms with Gasteiger partial charge < -0.3 is 15.3 Å². The zero-order valence-corrected chi connectivity index (χ0v) is 12.1. The average Bonchev–Trinajstić information content (AvgIpc) is 2.96. The number of carboxylic acids is 1. The monoisotopic (exact) mass is 282 g/mol. The number of likely N-dealkylation sites (tertiary alicyclic amines) is 1. The van der Waals surface area contributed by atoms with Gasteiger partial charge in [0, 0.05) is 12.5 Å². The lowest BCUT2D eigenvalue weighted by Gasteiger charge is -2.25. The van der Waals surface area contributed by atoms with Gasteiger partial charge in [0.1, 0.15) is 0 Å². The predicted molar refractivity (Wildman–Crippen MR) is 76.4 cm³/mol. The zero-order chi connectivity index (χ0) is 14.4. The van der Waals surface area contributed by atoms with Crippen molar-refractivity contribution >= 4 is 11.9 Å². The fourth-order valence-electron chi connectivity index (χ4n) is 3.32. The quantitative estimate of drug-likeness (QED) is 0.724. The second-order valence-electron chi connectivity index (χ2n) is 6.09. The molecular weight excluding hydrogens is 256 g/mol. The van der Waals surface area contributed by atoms with Crippen LogP contribution >= 0.6 is 0 Å². The van der Waals surface area contributed by atoms with E-state index in [4.69, 9.17) is 5.11 Å². The number of nitrogens with one attached hydrogen (secondary N) is 1. The Hall–Kier alpha value is -1.10. The Morgan fingerprint density at radius 2 is 1.80 bits per heavy atom. The Morgan fingerprint density at radius 3 is 2.50 bits per heavy atom. The third-order valence-corrected chi connectivity index (χ3v) is 4.54. The highest BCUT2D eigenvalue weighted by atomic mass is 16.4. The van der Waals surface area contributed by atoms with Crippen molar-refractivity contribution in [3.63, 3.8) is 0 Å². The SMILES string of the molecule is O=C(O)C1CCCC(C(=O)NCCCN2CCCC2)C1. The first-order valence-corrected chi connectivity index (χ1v) is 7.89. The van der Waals surface area contributed by atoms with Gasteiger partial charge in [0.2, 0.25) is 5.91 Å². The maximum Gasteiger partial charge on any atom is 0.306 e. The van der Waals surface area contributed by atoms with Crippen molar-refractivity contribution in [3.8, 4) is 0 Å². The van der Waals surface area contributed by atoms with Gasteiger partial charge in [0.15, 0.2) is 0 Å². The van der Waals surface area contributed by atoms with Crippen molar-refractivity contribution in [1.82, 2.24) is 10.2 Å². The van der Waals surface area contributed by atoms with Gasteiger partial charge in [-0.15, -0.1) is 0 Å². The van der Waals surface area contributed by atoms with Gasteiger partial charge in [-0.3, -0.25) is 9.59 Å². The van der Waals surface area contributed by atoms with Gasteiger partial charge in [-0.25, -0.2) is 0 Å².